The lowest BCUT2D eigenvalue weighted by atomic mass is 10.0. The van der Waals surface area contributed by atoms with Crippen LogP contribution in [0, 0.1) is 5.92 Å². The van der Waals surface area contributed by atoms with Gasteiger partial charge in [-0.25, -0.2) is 13.1 Å². The molecule has 0 aromatic heterocycles. The fourth-order valence-corrected chi connectivity index (χ4v) is 5.03. The van der Waals surface area contributed by atoms with Crippen LogP contribution in [-0.4, -0.2) is 20.1 Å². The molecule has 0 saturated heterocycles. The van der Waals surface area contributed by atoms with Crippen molar-refractivity contribution >= 4 is 26.0 Å². The van der Waals surface area contributed by atoms with Crippen LogP contribution in [0.1, 0.15) is 44.1 Å². The Morgan fingerprint density at radius 3 is 2.62 bits per heavy atom. The van der Waals surface area contributed by atoms with Crippen molar-refractivity contribution in [2.75, 3.05) is 6.54 Å². The van der Waals surface area contributed by atoms with Gasteiger partial charge in [0.1, 0.15) is 0 Å². The second-order valence-corrected chi connectivity index (χ2v) is 8.20. The Balaban J connectivity index is 1.88. The molecule has 0 aliphatic heterocycles. The summed E-state index contributed by atoms with van der Waals surface area (Å²) in [5.41, 5.74) is 0.682. The molecule has 1 aromatic carbocycles. The molecule has 0 unspecified atom stereocenters. The summed E-state index contributed by atoms with van der Waals surface area (Å²) in [6.07, 6.45) is 7.21. The van der Waals surface area contributed by atoms with E-state index in [-0.39, 0.29) is 11.5 Å². The third kappa shape index (κ3) is 4.77. The SMILES string of the molecule is O=S(=O)(NCCCC1CCCC1)c1ccc(CO)cc1Br. The molecule has 21 heavy (non-hydrogen) atoms. The Bertz CT molecular complexity index is 568. The molecule has 0 atom stereocenters. The maximum absolute atomic E-state index is 12.2. The summed E-state index contributed by atoms with van der Waals surface area (Å²) < 4.78 is 27.6. The first-order valence-corrected chi connectivity index (χ1v) is 9.69. The van der Waals surface area contributed by atoms with Crippen LogP contribution in [0.3, 0.4) is 0 Å². The number of hydrogen-bond donors (Lipinski definition) is 2. The summed E-state index contributed by atoms with van der Waals surface area (Å²) in [4.78, 5) is 0.223. The predicted molar refractivity (Wildman–Crippen MR) is 86.4 cm³/mol. The molecule has 0 bridgehead atoms. The number of rotatable bonds is 7. The molecule has 1 aromatic rings. The van der Waals surface area contributed by atoms with Crippen molar-refractivity contribution in [1.29, 1.82) is 0 Å². The number of halogens is 1. The fraction of sp³-hybridized carbons (Fsp3) is 0.600. The van der Waals surface area contributed by atoms with E-state index in [9.17, 15) is 8.42 Å². The Labute approximate surface area is 135 Å². The van der Waals surface area contributed by atoms with Gasteiger partial charge in [0, 0.05) is 11.0 Å². The summed E-state index contributed by atoms with van der Waals surface area (Å²) in [6.45, 7) is 0.376. The van der Waals surface area contributed by atoms with Crippen molar-refractivity contribution in [3.05, 3.63) is 28.2 Å². The summed E-state index contributed by atoms with van der Waals surface area (Å²) in [5, 5.41) is 9.05. The molecule has 4 nitrogen and oxygen atoms in total. The van der Waals surface area contributed by atoms with E-state index in [1.54, 1.807) is 12.1 Å². The van der Waals surface area contributed by atoms with Gasteiger partial charge in [-0.3, -0.25) is 0 Å². The molecule has 6 heteroatoms. The third-order valence-electron chi connectivity index (χ3n) is 4.02. The highest BCUT2D eigenvalue weighted by Gasteiger charge is 2.18. The quantitative estimate of drug-likeness (QED) is 0.719. The van der Waals surface area contributed by atoms with Crippen molar-refractivity contribution in [3.8, 4) is 0 Å². The first-order chi connectivity index (χ1) is 10.0. The predicted octanol–water partition coefficient (Wildman–Crippen LogP) is 3.19. The number of nitrogens with one attached hydrogen (secondary N) is 1. The first kappa shape index (κ1) is 16.9. The van der Waals surface area contributed by atoms with Crippen LogP contribution in [0.4, 0.5) is 0 Å². The number of aliphatic hydroxyl groups is 1. The average Bonchev–Trinajstić information content (AvgIpc) is 2.96. The summed E-state index contributed by atoms with van der Waals surface area (Å²) in [6, 6.07) is 4.78. The number of hydrogen-bond acceptors (Lipinski definition) is 3. The van der Waals surface area contributed by atoms with E-state index >= 15 is 0 Å². The maximum Gasteiger partial charge on any atom is 0.241 e. The Morgan fingerprint density at radius 1 is 1.29 bits per heavy atom. The molecule has 1 saturated carbocycles. The number of sulfonamides is 1. The van der Waals surface area contributed by atoms with Crippen LogP contribution in [-0.2, 0) is 16.6 Å². The topological polar surface area (TPSA) is 66.4 Å². The minimum absolute atomic E-state index is 0.103. The van der Waals surface area contributed by atoms with Gasteiger partial charge in [0.2, 0.25) is 10.0 Å². The van der Waals surface area contributed by atoms with E-state index in [0.29, 0.717) is 16.6 Å². The minimum Gasteiger partial charge on any atom is -0.392 e. The van der Waals surface area contributed by atoms with Crippen LogP contribution >= 0.6 is 15.9 Å². The van der Waals surface area contributed by atoms with Crippen LogP contribution in [0.15, 0.2) is 27.6 Å². The van der Waals surface area contributed by atoms with Crippen molar-refractivity contribution in [3.63, 3.8) is 0 Å². The highest BCUT2D eigenvalue weighted by molar-refractivity contribution is 9.10. The molecule has 0 amide bonds. The van der Waals surface area contributed by atoms with Gasteiger partial charge >= 0.3 is 0 Å². The molecule has 1 fully saturated rings. The van der Waals surface area contributed by atoms with E-state index in [2.05, 4.69) is 20.7 Å². The Hall–Kier alpha value is -0.430. The zero-order valence-electron chi connectivity index (χ0n) is 12.0. The molecule has 0 radical (unpaired) electrons. The standard InChI is InChI=1S/C15H22BrNO3S/c16-14-10-13(11-18)7-8-15(14)21(19,20)17-9-3-6-12-4-1-2-5-12/h7-8,10,12,17-18H,1-6,9,11H2. The van der Waals surface area contributed by atoms with E-state index in [0.717, 1.165) is 18.8 Å². The lowest BCUT2D eigenvalue weighted by Gasteiger charge is -2.11. The second-order valence-electron chi connectivity index (χ2n) is 5.61. The summed E-state index contributed by atoms with van der Waals surface area (Å²) in [5.74, 6) is 0.782. The van der Waals surface area contributed by atoms with Gasteiger partial charge in [-0.1, -0.05) is 31.7 Å². The zero-order valence-corrected chi connectivity index (χ0v) is 14.4. The first-order valence-electron chi connectivity index (χ1n) is 7.42. The van der Waals surface area contributed by atoms with Crippen LogP contribution in [0.5, 0.6) is 0 Å². The van der Waals surface area contributed by atoms with Gasteiger partial charge in [0.15, 0.2) is 0 Å². The highest BCUT2D eigenvalue weighted by Crippen LogP contribution is 2.28. The molecule has 2 rings (SSSR count). The van der Waals surface area contributed by atoms with Crippen molar-refractivity contribution < 1.29 is 13.5 Å². The van der Waals surface area contributed by atoms with Crippen LogP contribution in [0.25, 0.3) is 0 Å². The van der Waals surface area contributed by atoms with Crippen LogP contribution in [0.2, 0.25) is 0 Å². The van der Waals surface area contributed by atoms with E-state index < -0.39 is 10.0 Å². The maximum atomic E-state index is 12.2. The lowest BCUT2D eigenvalue weighted by molar-refractivity contribution is 0.281. The number of aliphatic hydroxyl groups excluding tert-OH is 1. The molecule has 1 aliphatic rings. The van der Waals surface area contributed by atoms with E-state index in [4.69, 9.17) is 5.11 Å². The molecular weight excluding hydrogens is 354 g/mol. The van der Waals surface area contributed by atoms with Gasteiger partial charge in [-0.05, 0) is 52.4 Å². The van der Waals surface area contributed by atoms with Crippen LogP contribution < -0.4 is 4.72 Å². The Morgan fingerprint density at radius 2 is 2.00 bits per heavy atom. The summed E-state index contributed by atoms with van der Waals surface area (Å²) in [7, 11) is -3.49. The third-order valence-corrected chi connectivity index (χ3v) is 6.46. The molecule has 2 N–H and O–H groups in total. The number of benzene rings is 1. The van der Waals surface area contributed by atoms with E-state index in [1.165, 1.54) is 31.7 Å². The molecule has 118 valence electrons. The Kier molecular flexibility index (Phi) is 6.22. The largest absolute Gasteiger partial charge is 0.392 e. The monoisotopic (exact) mass is 375 g/mol. The van der Waals surface area contributed by atoms with Gasteiger partial charge in [0.05, 0.1) is 11.5 Å². The van der Waals surface area contributed by atoms with Crippen molar-refractivity contribution in [2.24, 2.45) is 5.92 Å². The van der Waals surface area contributed by atoms with Gasteiger partial charge in [0.25, 0.3) is 0 Å². The zero-order chi connectivity index (χ0) is 15.3. The van der Waals surface area contributed by atoms with Crippen molar-refractivity contribution in [1.82, 2.24) is 4.72 Å². The van der Waals surface area contributed by atoms with Gasteiger partial charge in [-0.2, -0.15) is 0 Å². The second kappa shape index (κ2) is 7.72. The molecule has 0 heterocycles. The summed E-state index contributed by atoms with van der Waals surface area (Å²) >= 11 is 3.26. The highest BCUT2D eigenvalue weighted by atomic mass is 79.9. The van der Waals surface area contributed by atoms with Gasteiger partial charge < -0.3 is 5.11 Å². The average molecular weight is 376 g/mol. The molecule has 1 aliphatic carbocycles. The smallest absolute Gasteiger partial charge is 0.241 e. The lowest BCUT2D eigenvalue weighted by Crippen LogP contribution is -2.25. The van der Waals surface area contributed by atoms with Gasteiger partial charge in [-0.15, -0.1) is 0 Å². The normalized spacial score (nSPS) is 16.5. The fourth-order valence-electron chi connectivity index (χ4n) is 2.83. The molecule has 0 spiro atoms. The molecular formula is C15H22BrNO3S. The van der Waals surface area contributed by atoms with Crippen molar-refractivity contribution in [2.45, 2.75) is 50.0 Å². The minimum atomic E-state index is -3.49. The van der Waals surface area contributed by atoms with E-state index in [1.807, 2.05) is 0 Å².